The second kappa shape index (κ2) is 6.72. The van der Waals surface area contributed by atoms with Crippen LogP contribution in [0.3, 0.4) is 0 Å². The zero-order valence-corrected chi connectivity index (χ0v) is 12.0. The minimum atomic E-state index is -0.283. The lowest BCUT2D eigenvalue weighted by molar-refractivity contribution is -0.127. The third kappa shape index (κ3) is 3.49. The quantitative estimate of drug-likeness (QED) is 0.732. The van der Waals surface area contributed by atoms with Crippen molar-refractivity contribution in [3.05, 3.63) is 29.8 Å². The molecule has 0 bridgehead atoms. The molecule has 1 aliphatic rings. The zero-order valence-electron chi connectivity index (χ0n) is 12.0. The summed E-state index contributed by atoms with van der Waals surface area (Å²) in [5.41, 5.74) is 0.752. The van der Waals surface area contributed by atoms with Gasteiger partial charge in [0.25, 0.3) is 0 Å². The van der Waals surface area contributed by atoms with Gasteiger partial charge in [0.2, 0.25) is 5.91 Å². The van der Waals surface area contributed by atoms with Crippen LogP contribution in [0.25, 0.3) is 0 Å². The van der Waals surface area contributed by atoms with Crippen LogP contribution >= 0.6 is 0 Å². The van der Waals surface area contributed by atoms with Gasteiger partial charge in [-0.15, -0.1) is 0 Å². The molecule has 1 aromatic rings. The second-order valence-corrected chi connectivity index (χ2v) is 4.88. The van der Waals surface area contributed by atoms with Crippen molar-refractivity contribution in [2.24, 2.45) is 0 Å². The monoisotopic (exact) mass is 279 g/mol. The molecular formula is C15H21NO4. The van der Waals surface area contributed by atoms with Crippen molar-refractivity contribution >= 4 is 5.91 Å². The van der Waals surface area contributed by atoms with E-state index >= 15 is 0 Å². The van der Waals surface area contributed by atoms with Crippen molar-refractivity contribution in [1.29, 1.82) is 0 Å². The highest BCUT2D eigenvalue weighted by Gasteiger charge is 2.47. The van der Waals surface area contributed by atoms with Crippen molar-refractivity contribution in [2.45, 2.75) is 18.4 Å². The summed E-state index contributed by atoms with van der Waals surface area (Å²) in [6, 6.07) is 7.79. The first kappa shape index (κ1) is 14.8. The normalized spacial score (nSPS) is 15.7. The number of benzene rings is 1. The highest BCUT2D eigenvalue weighted by molar-refractivity contribution is 5.79. The van der Waals surface area contributed by atoms with Crippen LogP contribution < -0.4 is 10.1 Å². The van der Waals surface area contributed by atoms with E-state index in [0.29, 0.717) is 13.2 Å². The molecule has 110 valence electrons. The molecule has 1 aliphatic carbocycles. The van der Waals surface area contributed by atoms with Gasteiger partial charge < -0.3 is 19.5 Å². The van der Waals surface area contributed by atoms with Crippen LogP contribution in [0.4, 0.5) is 0 Å². The molecular weight excluding hydrogens is 258 g/mol. The van der Waals surface area contributed by atoms with E-state index in [0.717, 1.165) is 24.2 Å². The molecule has 0 atom stereocenters. The Bertz CT molecular complexity index is 457. The Kier molecular flexibility index (Phi) is 4.98. The minimum absolute atomic E-state index is 0.0558. The first-order valence-electron chi connectivity index (χ1n) is 6.73. The lowest BCUT2D eigenvalue weighted by atomic mass is 10.0. The molecule has 0 aromatic heterocycles. The number of amides is 1. The average molecular weight is 279 g/mol. The summed E-state index contributed by atoms with van der Waals surface area (Å²) >= 11 is 0. The summed E-state index contributed by atoms with van der Waals surface area (Å²) in [5.74, 6) is 0.704. The fourth-order valence-electron chi connectivity index (χ4n) is 2.24. The Labute approximate surface area is 119 Å². The van der Waals surface area contributed by atoms with Crippen molar-refractivity contribution in [2.75, 3.05) is 34.0 Å². The van der Waals surface area contributed by atoms with Crippen molar-refractivity contribution in [3.8, 4) is 5.75 Å². The van der Waals surface area contributed by atoms with Gasteiger partial charge in [0.05, 0.1) is 25.9 Å². The van der Waals surface area contributed by atoms with E-state index in [1.54, 1.807) is 14.2 Å². The zero-order chi connectivity index (χ0) is 14.4. The molecule has 5 nitrogen and oxygen atoms in total. The van der Waals surface area contributed by atoms with Gasteiger partial charge in [-0.05, 0) is 18.9 Å². The van der Waals surface area contributed by atoms with E-state index in [2.05, 4.69) is 5.32 Å². The molecule has 0 saturated heterocycles. The van der Waals surface area contributed by atoms with Crippen molar-refractivity contribution in [3.63, 3.8) is 0 Å². The van der Waals surface area contributed by atoms with Crippen LogP contribution in [0.1, 0.15) is 18.4 Å². The first-order chi connectivity index (χ1) is 9.72. The van der Waals surface area contributed by atoms with Gasteiger partial charge in [0.1, 0.15) is 12.4 Å². The lowest BCUT2D eigenvalue weighted by Gasteiger charge is -2.20. The molecule has 1 aromatic carbocycles. The fraction of sp³-hybridized carbons (Fsp3) is 0.533. The Morgan fingerprint density at radius 2 is 2.00 bits per heavy atom. The van der Waals surface area contributed by atoms with Crippen molar-refractivity contribution < 1.29 is 19.0 Å². The number of ether oxygens (including phenoxy) is 3. The molecule has 1 saturated carbocycles. The minimum Gasteiger partial charge on any atom is -0.496 e. The molecule has 0 aliphatic heterocycles. The van der Waals surface area contributed by atoms with Crippen LogP contribution in [-0.4, -0.2) is 39.9 Å². The summed E-state index contributed by atoms with van der Waals surface area (Å²) < 4.78 is 15.5. The Morgan fingerprint density at radius 1 is 1.25 bits per heavy atom. The van der Waals surface area contributed by atoms with Crippen molar-refractivity contribution in [1.82, 2.24) is 5.32 Å². The number of nitrogens with one attached hydrogen (secondary N) is 1. The molecule has 1 amide bonds. The number of hydrogen-bond donors (Lipinski definition) is 1. The topological polar surface area (TPSA) is 56.8 Å². The summed E-state index contributed by atoms with van der Waals surface area (Å²) in [4.78, 5) is 11.9. The highest BCUT2D eigenvalue weighted by Crippen LogP contribution is 2.48. The fourth-order valence-corrected chi connectivity index (χ4v) is 2.24. The van der Waals surface area contributed by atoms with Gasteiger partial charge in [0.15, 0.2) is 0 Å². The summed E-state index contributed by atoms with van der Waals surface area (Å²) in [5, 5.41) is 3.05. The van der Waals surface area contributed by atoms with Crippen LogP contribution in [0.2, 0.25) is 0 Å². The summed E-state index contributed by atoms with van der Waals surface area (Å²) in [7, 11) is 3.24. The Balaban J connectivity index is 1.93. The number of methoxy groups -OCH3 is 2. The largest absolute Gasteiger partial charge is 0.496 e. The maximum absolute atomic E-state index is 11.9. The van der Waals surface area contributed by atoms with E-state index in [9.17, 15) is 4.79 Å². The third-order valence-electron chi connectivity index (χ3n) is 3.42. The molecule has 0 spiro atoms. The van der Waals surface area contributed by atoms with Crippen LogP contribution in [0.5, 0.6) is 5.75 Å². The Hall–Kier alpha value is -1.59. The maximum atomic E-state index is 11.9. The molecule has 0 radical (unpaired) electrons. The number of para-hydroxylation sites is 1. The molecule has 20 heavy (non-hydrogen) atoms. The van der Waals surface area contributed by atoms with Crippen LogP contribution in [0.15, 0.2) is 24.3 Å². The van der Waals surface area contributed by atoms with Gasteiger partial charge in [-0.25, -0.2) is 0 Å². The van der Waals surface area contributed by atoms with Gasteiger partial charge in [-0.1, -0.05) is 18.2 Å². The number of carbonyl (C=O) groups is 1. The smallest absolute Gasteiger partial charge is 0.246 e. The first-order valence-corrected chi connectivity index (χ1v) is 6.73. The van der Waals surface area contributed by atoms with E-state index in [1.807, 2.05) is 24.3 Å². The van der Waals surface area contributed by atoms with Gasteiger partial charge in [-0.3, -0.25) is 4.79 Å². The molecule has 2 rings (SSSR count). The van der Waals surface area contributed by atoms with Gasteiger partial charge in [0, 0.05) is 12.7 Å². The lowest BCUT2D eigenvalue weighted by Crippen LogP contribution is -2.37. The van der Waals surface area contributed by atoms with Gasteiger partial charge >= 0.3 is 0 Å². The van der Waals surface area contributed by atoms with E-state index in [4.69, 9.17) is 14.2 Å². The highest BCUT2D eigenvalue weighted by atomic mass is 16.5. The second-order valence-electron chi connectivity index (χ2n) is 4.88. The van der Waals surface area contributed by atoms with E-state index < -0.39 is 0 Å². The number of carbonyl (C=O) groups excluding carboxylic acids is 1. The predicted octanol–water partition coefficient (Wildman–Crippen LogP) is 1.46. The molecule has 5 heteroatoms. The summed E-state index contributed by atoms with van der Waals surface area (Å²) in [6.45, 7) is 0.969. The maximum Gasteiger partial charge on any atom is 0.246 e. The molecule has 1 N–H and O–H groups in total. The van der Waals surface area contributed by atoms with Crippen LogP contribution in [-0.2, 0) is 19.8 Å². The molecule has 0 heterocycles. The van der Waals surface area contributed by atoms with E-state index in [1.165, 1.54) is 0 Å². The predicted molar refractivity (Wildman–Crippen MR) is 74.7 cm³/mol. The SMILES string of the molecule is COCCOCC(=O)NC1(c2ccccc2OC)CC1. The third-order valence-corrected chi connectivity index (χ3v) is 3.42. The molecule has 0 unspecified atom stereocenters. The van der Waals surface area contributed by atoms with Crippen LogP contribution in [0, 0.1) is 0 Å². The molecule has 1 fully saturated rings. The van der Waals surface area contributed by atoms with E-state index in [-0.39, 0.29) is 18.1 Å². The Morgan fingerprint density at radius 3 is 2.65 bits per heavy atom. The average Bonchev–Trinajstić information content (AvgIpc) is 3.24. The van der Waals surface area contributed by atoms with Gasteiger partial charge in [-0.2, -0.15) is 0 Å². The summed E-state index contributed by atoms with van der Waals surface area (Å²) in [6.07, 6.45) is 1.86. The number of rotatable bonds is 8. The number of hydrogen-bond acceptors (Lipinski definition) is 4. The standard InChI is InChI=1S/C15H21NO4/c1-18-9-10-20-11-14(17)16-15(7-8-15)12-5-3-4-6-13(12)19-2/h3-6H,7-11H2,1-2H3,(H,16,17).